The van der Waals surface area contributed by atoms with Crippen LogP contribution in [0.25, 0.3) is 22.2 Å². The predicted octanol–water partition coefficient (Wildman–Crippen LogP) is 6.12. The summed E-state index contributed by atoms with van der Waals surface area (Å²) < 4.78 is 8.52. The number of hydrogen-bond acceptors (Lipinski definition) is 3. The number of carboxylic acids is 1. The Morgan fingerprint density at radius 3 is 2.50 bits per heavy atom. The van der Waals surface area contributed by atoms with E-state index in [9.17, 15) is 14.7 Å². The number of rotatable bonds is 4. The molecule has 2 aliphatic carbocycles. The van der Waals surface area contributed by atoms with Gasteiger partial charge in [-0.25, -0.2) is 0 Å². The average Bonchev–Trinajstić information content (AvgIpc) is 3.10. The Labute approximate surface area is 211 Å². The van der Waals surface area contributed by atoms with Crippen LogP contribution in [-0.4, -0.2) is 34.2 Å². The van der Waals surface area contributed by atoms with E-state index in [2.05, 4.69) is 40.2 Å². The third-order valence-electron chi connectivity index (χ3n) is 8.51. The van der Waals surface area contributed by atoms with Crippen molar-refractivity contribution in [3.05, 3.63) is 53.6 Å². The van der Waals surface area contributed by atoms with E-state index >= 15 is 0 Å². The van der Waals surface area contributed by atoms with E-state index in [0.29, 0.717) is 43.8 Å². The first kappa shape index (κ1) is 23.1. The number of nitrogens with one attached hydrogen (secondary N) is 1. The third-order valence-corrected chi connectivity index (χ3v) is 8.51. The second-order valence-electron chi connectivity index (χ2n) is 10.7. The number of ether oxygens (including phenoxy) is 1. The van der Waals surface area contributed by atoms with Crippen LogP contribution in [-0.2, 0) is 11.3 Å². The Hall–Kier alpha value is -3.28. The molecule has 3 aromatic rings. The van der Waals surface area contributed by atoms with Crippen molar-refractivity contribution in [3.63, 3.8) is 0 Å². The summed E-state index contributed by atoms with van der Waals surface area (Å²) >= 11 is 0. The number of aliphatic carboxylic acids is 1. The van der Waals surface area contributed by atoms with Gasteiger partial charge in [0.1, 0.15) is 12.4 Å². The lowest BCUT2D eigenvalue weighted by atomic mass is 9.81. The lowest BCUT2D eigenvalue weighted by molar-refractivity contribution is -0.142. The second-order valence-corrected chi connectivity index (χ2v) is 10.7. The van der Waals surface area contributed by atoms with E-state index in [-0.39, 0.29) is 17.9 Å². The van der Waals surface area contributed by atoms with Gasteiger partial charge in [0.05, 0.1) is 18.2 Å². The predicted molar refractivity (Wildman–Crippen MR) is 140 cm³/mol. The number of amides is 1. The molecule has 36 heavy (non-hydrogen) atoms. The van der Waals surface area contributed by atoms with Crippen LogP contribution >= 0.6 is 0 Å². The molecule has 6 heteroatoms. The molecule has 6 rings (SSSR count). The number of carbonyl (C=O) groups is 2. The molecule has 2 fully saturated rings. The molecule has 1 aromatic heterocycles. The third kappa shape index (κ3) is 4.16. The molecular weight excluding hydrogens is 452 g/mol. The smallest absolute Gasteiger partial charge is 0.306 e. The van der Waals surface area contributed by atoms with Gasteiger partial charge in [-0.3, -0.25) is 9.59 Å². The molecule has 1 amide bonds. The van der Waals surface area contributed by atoms with Gasteiger partial charge in [-0.2, -0.15) is 0 Å². The van der Waals surface area contributed by atoms with Crippen molar-refractivity contribution in [2.24, 2.45) is 5.92 Å². The Kier molecular flexibility index (Phi) is 6.20. The van der Waals surface area contributed by atoms with Gasteiger partial charge in [0.15, 0.2) is 0 Å². The highest BCUT2D eigenvalue weighted by atomic mass is 16.5. The van der Waals surface area contributed by atoms with Crippen molar-refractivity contribution in [1.29, 1.82) is 0 Å². The zero-order valence-electron chi connectivity index (χ0n) is 20.7. The molecule has 6 nitrogen and oxygen atoms in total. The number of carbonyl (C=O) groups excluding carboxylic acids is 1. The lowest BCUT2D eigenvalue weighted by Crippen LogP contribution is -2.38. The van der Waals surface area contributed by atoms with Crippen LogP contribution in [0.3, 0.4) is 0 Å². The monoisotopic (exact) mass is 486 g/mol. The molecular formula is C30H34N2O4. The first-order chi connectivity index (χ1) is 17.6. The van der Waals surface area contributed by atoms with Crippen LogP contribution < -0.4 is 10.1 Å². The fourth-order valence-electron chi connectivity index (χ4n) is 6.63. The normalized spacial score (nSPS) is 22.2. The molecule has 0 radical (unpaired) electrons. The minimum absolute atomic E-state index is 0.0336. The SMILES string of the molecule is O=C(NC1CCC(C(=O)O)CC1)c1ccc2c(C3CCCCC3)c3n(c2c1)CCOc1ccccc1-3. The number of carboxylic acid groups (broad SMARTS) is 1. The van der Waals surface area contributed by atoms with Crippen molar-refractivity contribution >= 4 is 22.8 Å². The van der Waals surface area contributed by atoms with Crippen LogP contribution in [0.1, 0.15) is 79.6 Å². The summed E-state index contributed by atoms with van der Waals surface area (Å²) in [6.07, 6.45) is 8.91. The summed E-state index contributed by atoms with van der Waals surface area (Å²) in [5, 5.41) is 13.7. The Morgan fingerprint density at radius 1 is 0.944 bits per heavy atom. The summed E-state index contributed by atoms with van der Waals surface area (Å²) in [6.45, 7) is 1.35. The fraction of sp³-hybridized carbons (Fsp3) is 0.467. The molecule has 1 aliphatic heterocycles. The van der Waals surface area contributed by atoms with Gasteiger partial charge in [-0.05, 0) is 74.3 Å². The van der Waals surface area contributed by atoms with Crippen LogP contribution in [0.15, 0.2) is 42.5 Å². The average molecular weight is 487 g/mol. The van der Waals surface area contributed by atoms with Crippen LogP contribution in [0, 0.1) is 5.92 Å². The van der Waals surface area contributed by atoms with Crippen LogP contribution in [0.4, 0.5) is 0 Å². The zero-order chi connectivity index (χ0) is 24.6. The summed E-state index contributed by atoms with van der Waals surface area (Å²) in [6, 6.07) is 14.5. The summed E-state index contributed by atoms with van der Waals surface area (Å²) in [5.74, 6) is 0.377. The van der Waals surface area contributed by atoms with Crippen LogP contribution in [0.5, 0.6) is 5.75 Å². The number of fused-ring (bicyclic) bond motifs is 5. The quantitative estimate of drug-likeness (QED) is 0.465. The molecule has 2 aromatic carbocycles. The van der Waals surface area contributed by atoms with Crippen molar-refractivity contribution in [2.75, 3.05) is 6.61 Å². The number of para-hydroxylation sites is 1. The number of hydrogen-bond donors (Lipinski definition) is 2. The molecule has 0 bridgehead atoms. The summed E-state index contributed by atoms with van der Waals surface area (Å²) in [5.41, 5.74) is 5.59. The Bertz CT molecular complexity index is 1300. The maximum absolute atomic E-state index is 13.3. The number of benzene rings is 2. The van der Waals surface area contributed by atoms with Gasteiger partial charge < -0.3 is 19.7 Å². The fourth-order valence-corrected chi connectivity index (χ4v) is 6.63. The highest BCUT2D eigenvalue weighted by Crippen LogP contribution is 2.47. The largest absolute Gasteiger partial charge is 0.491 e. The minimum atomic E-state index is -0.724. The zero-order valence-corrected chi connectivity index (χ0v) is 20.7. The van der Waals surface area contributed by atoms with Gasteiger partial charge in [-0.1, -0.05) is 37.5 Å². The minimum Gasteiger partial charge on any atom is -0.491 e. The first-order valence-corrected chi connectivity index (χ1v) is 13.5. The van der Waals surface area contributed by atoms with Crippen molar-refractivity contribution < 1.29 is 19.4 Å². The highest BCUT2D eigenvalue weighted by Gasteiger charge is 2.30. The standard InChI is InChI=1S/C30H34N2O4/c33-29(31-22-13-10-20(11-14-22)30(34)35)21-12-15-23-25(18-21)32-16-17-36-26-9-5-4-8-24(26)28(32)27(23)19-6-2-1-3-7-19/h4-5,8-9,12,15,18-20,22H,1-3,6-7,10-11,13-14,16-17H2,(H,31,33)(H,34,35). The molecule has 2 heterocycles. The molecule has 0 unspecified atom stereocenters. The van der Waals surface area contributed by atoms with Crippen molar-refractivity contribution in [3.8, 4) is 17.0 Å². The second kappa shape index (κ2) is 9.64. The molecule has 0 atom stereocenters. The van der Waals surface area contributed by atoms with Gasteiger partial charge >= 0.3 is 5.97 Å². The molecule has 188 valence electrons. The van der Waals surface area contributed by atoms with E-state index in [0.717, 1.165) is 23.4 Å². The van der Waals surface area contributed by atoms with E-state index in [1.807, 2.05) is 12.1 Å². The Morgan fingerprint density at radius 2 is 1.72 bits per heavy atom. The lowest BCUT2D eigenvalue weighted by Gasteiger charge is -2.26. The molecule has 0 saturated heterocycles. The van der Waals surface area contributed by atoms with Gasteiger partial charge in [0, 0.05) is 28.1 Å². The van der Waals surface area contributed by atoms with Gasteiger partial charge in [-0.15, -0.1) is 0 Å². The van der Waals surface area contributed by atoms with Gasteiger partial charge in [0.25, 0.3) is 5.91 Å². The van der Waals surface area contributed by atoms with Crippen molar-refractivity contribution in [2.45, 2.75) is 76.3 Å². The molecule has 2 N–H and O–H groups in total. The van der Waals surface area contributed by atoms with Crippen LogP contribution in [0.2, 0.25) is 0 Å². The molecule has 2 saturated carbocycles. The topological polar surface area (TPSA) is 80.6 Å². The number of nitrogens with zero attached hydrogens (tertiary/aromatic N) is 1. The van der Waals surface area contributed by atoms with Crippen molar-refractivity contribution in [1.82, 2.24) is 9.88 Å². The summed E-state index contributed by atoms with van der Waals surface area (Å²) in [4.78, 5) is 24.5. The maximum Gasteiger partial charge on any atom is 0.306 e. The maximum atomic E-state index is 13.3. The van der Waals surface area contributed by atoms with Gasteiger partial charge in [0.2, 0.25) is 0 Å². The highest BCUT2D eigenvalue weighted by molar-refractivity contribution is 6.01. The molecule has 0 spiro atoms. The van der Waals surface area contributed by atoms with E-state index < -0.39 is 5.97 Å². The summed E-state index contributed by atoms with van der Waals surface area (Å²) in [7, 11) is 0. The Balaban J connectivity index is 1.37. The molecule has 3 aliphatic rings. The van der Waals surface area contributed by atoms with E-state index in [1.165, 1.54) is 48.7 Å². The number of aromatic nitrogens is 1. The van der Waals surface area contributed by atoms with E-state index in [4.69, 9.17) is 4.74 Å². The first-order valence-electron chi connectivity index (χ1n) is 13.5. The van der Waals surface area contributed by atoms with E-state index in [1.54, 1.807) is 0 Å².